The lowest BCUT2D eigenvalue weighted by Crippen LogP contribution is -2.44. The van der Waals surface area contributed by atoms with Crippen molar-refractivity contribution in [3.63, 3.8) is 0 Å². The number of aliphatic hydroxyl groups is 1. The number of hydrogen-bond acceptors (Lipinski definition) is 4. The molecule has 0 spiro atoms. The summed E-state index contributed by atoms with van der Waals surface area (Å²) in [7, 11) is 3.98. The molecule has 6 heteroatoms. The maximum atomic E-state index is 10.9. The van der Waals surface area contributed by atoms with Gasteiger partial charge in [-0.2, -0.15) is 0 Å². The zero-order valence-electron chi connectivity index (χ0n) is 18.2. The Morgan fingerprint density at radius 3 is 2.47 bits per heavy atom. The molecule has 30 heavy (non-hydrogen) atoms. The summed E-state index contributed by atoms with van der Waals surface area (Å²) in [6.45, 7) is 5.42. The highest BCUT2D eigenvalue weighted by molar-refractivity contribution is 5.85. The molecule has 0 saturated carbocycles. The van der Waals surface area contributed by atoms with Gasteiger partial charge in [0.1, 0.15) is 11.4 Å². The van der Waals surface area contributed by atoms with Crippen LogP contribution in [0.1, 0.15) is 25.0 Å². The molecule has 3 aromatic rings. The minimum absolute atomic E-state index is 0.350. The van der Waals surface area contributed by atoms with E-state index >= 15 is 0 Å². The van der Waals surface area contributed by atoms with Crippen molar-refractivity contribution in [1.82, 2.24) is 15.6 Å². The molecule has 3 N–H and O–H groups in total. The van der Waals surface area contributed by atoms with Crippen LogP contribution in [0.4, 0.5) is 5.82 Å². The predicted octanol–water partition coefficient (Wildman–Crippen LogP) is 3.26. The average Bonchev–Trinajstić information content (AvgIpc) is 2.76. The summed E-state index contributed by atoms with van der Waals surface area (Å²) in [5.74, 6) is 1.57. The van der Waals surface area contributed by atoms with Crippen LogP contribution in [0.3, 0.4) is 0 Å². The van der Waals surface area contributed by atoms with Gasteiger partial charge in [-0.1, -0.05) is 48.5 Å². The maximum absolute atomic E-state index is 10.9. The number of rotatable bonds is 7. The minimum atomic E-state index is -1.00. The number of aliphatic imine (C=N–C) groups is 1. The maximum Gasteiger partial charge on any atom is 0.191 e. The number of guanidine groups is 1. The van der Waals surface area contributed by atoms with Crippen LogP contribution < -0.4 is 15.5 Å². The second kappa shape index (κ2) is 9.59. The van der Waals surface area contributed by atoms with Crippen LogP contribution in [0.25, 0.3) is 10.9 Å². The summed E-state index contributed by atoms with van der Waals surface area (Å²) < 4.78 is 0. The summed E-state index contributed by atoms with van der Waals surface area (Å²) in [5.41, 5.74) is 1.93. The van der Waals surface area contributed by atoms with Crippen LogP contribution in [-0.2, 0) is 12.1 Å². The van der Waals surface area contributed by atoms with Crippen LogP contribution in [-0.4, -0.2) is 43.2 Å². The largest absolute Gasteiger partial charge is 0.384 e. The standard InChI is InChI=1S/C24H31N5O/c1-5-25-23(27-17-24(2,30)19-11-7-6-8-12-19)26-16-18-15-22(29(3)4)28-21-14-10-9-13-20(18)21/h6-15,30H,5,16-17H2,1-4H3,(H2,25,26,27). The number of nitrogens with zero attached hydrogens (tertiary/aromatic N) is 3. The molecular weight excluding hydrogens is 374 g/mol. The molecule has 0 fully saturated rings. The number of para-hydroxylation sites is 1. The van der Waals surface area contributed by atoms with Gasteiger partial charge < -0.3 is 20.6 Å². The molecule has 1 aromatic heterocycles. The lowest BCUT2D eigenvalue weighted by atomic mass is 9.96. The summed E-state index contributed by atoms with van der Waals surface area (Å²) in [6.07, 6.45) is 0. The Morgan fingerprint density at radius 1 is 1.07 bits per heavy atom. The molecular formula is C24H31N5O. The quantitative estimate of drug-likeness (QED) is 0.416. The van der Waals surface area contributed by atoms with Crippen molar-refractivity contribution >= 4 is 22.7 Å². The van der Waals surface area contributed by atoms with Crippen LogP contribution in [0.15, 0.2) is 65.7 Å². The van der Waals surface area contributed by atoms with Gasteiger partial charge in [0, 0.05) is 26.0 Å². The number of hydrogen-bond donors (Lipinski definition) is 3. The fourth-order valence-electron chi connectivity index (χ4n) is 3.25. The zero-order valence-corrected chi connectivity index (χ0v) is 18.2. The van der Waals surface area contributed by atoms with Crippen molar-refractivity contribution in [3.05, 3.63) is 71.8 Å². The smallest absolute Gasteiger partial charge is 0.191 e. The zero-order chi connectivity index (χ0) is 21.6. The van der Waals surface area contributed by atoms with Gasteiger partial charge in [0.15, 0.2) is 5.96 Å². The Kier molecular flexibility index (Phi) is 6.90. The molecule has 1 atom stereocenters. The van der Waals surface area contributed by atoms with Crippen LogP contribution in [0.2, 0.25) is 0 Å². The first kappa shape index (κ1) is 21.6. The summed E-state index contributed by atoms with van der Waals surface area (Å²) in [6, 6.07) is 19.9. The van der Waals surface area contributed by atoms with Crippen LogP contribution >= 0.6 is 0 Å². The van der Waals surface area contributed by atoms with Gasteiger partial charge in [0.25, 0.3) is 0 Å². The Balaban J connectivity index is 1.81. The molecule has 2 aromatic carbocycles. The fraction of sp³-hybridized carbons (Fsp3) is 0.333. The van der Waals surface area contributed by atoms with Crippen molar-refractivity contribution in [2.45, 2.75) is 26.0 Å². The lowest BCUT2D eigenvalue weighted by Gasteiger charge is -2.25. The highest BCUT2D eigenvalue weighted by atomic mass is 16.3. The number of pyridine rings is 1. The van der Waals surface area contributed by atoms with Gasteiger partial charge in [-0.3, -0.25) is 0 Å². The van der Waals surface area contributed by atoms with Gasteiger partial charge in [-0.25, -0.2) is 9.98 Å². The Hall–Kier alpha value is -3.12. The molecule has 1 heterocycles. The molecule has 3 rings (SSSR count). The molecule has 1 unspecified atom stereocenters. The molecule has 0 aliphatic heterocycles. The van der Waals surface area contributed by atoms with E-state index in [-0.39, 0.29) is 0 Å². The number of aromatic nitrogens is 1. The highest BCUT2D eigenvalue weighted by Gasteiger charge is 2.23. The van der Waals surface area contributed by atoms with Crippen molar-refractivity contribution in [2.24, 2.45) is 4.99 Å². The van der Waals surface area contributed by atoms with Gasteiger partial charge >= 0.3 is 0 Å². The SMILES string of the molecule is CCNC(=NCc1cc(N(C)C)nc2ccccc12)NCC(C)(O)c1ccccc1. The predicted molar refractivity (Wildman–Crippen MR) is 125 cm³/mol. The first-order valence-electron chi connectivity index (χ1n) is 10.3. The van der Waals surface area contributed by atoms with Crippen LogP contribution in [0.5, 0.6) is 0 Å². The summed E-state index contributed by atoms with van der Waals surface area (Å²) >= 11 is 0. The van der Waals surface area contributed by atoms with Crippen molar-refractivity contribution in [3.8, 4) is 0 Å². The van der Waals surface area contributed by atoms with E-state index < -0.39 is 5.60 Å². The van der Waals surface area contributed by atoms with E-state index in [1.165, 1.54) is 0 Å². The minimum Gasteiger partial charge on any atom is -0.384 e. The van der Waals surface area contributed by atoms with Gasteiger partial charge in [0.2, 0.25) is 0 Å². The molecule has 0 bridgehead atoms. The summed E-state index contributed by atoms with van der Waals surface area (Å²) in [5, 5.41) is 18.5. The van der Waals surface area contributed by atoms with E-state index in [2.05, 4.69) is 22.8 Å². The number of fused-ring (bicyclic) bond motifs is 1. The molecule has 0 amide bonds. The number of anilines is 1. The average molecular weight is 406 g/mol. The van der Waals surface area contributed by atoms with E-state index in [1.807, 2.05) is 74.4 Å². The van der Waals surface area contributed by atoms with E-state index in [4.69, 9.17) is 9.98 Å². The number of benzene rings is 2. The summed E-state index contributed by atoms with van der Waals surface area (Å²) in [4.78, 5) is 11.5. The molecule has 0 aliphatic carbocycles. The van der Waals surface area contributed by atoms with E-state index in [0.29, 0.717) is 19.0 Å². The Bertz CT molecular complexity index is 999. The Morgan fingerprint density at radius 2 is 1.77 bits per heavy atom. The number of nitrogens with one attached hydrogen (secondary N) is 2. The van der Waals surface area contributed by atoms with Gasteiger partial charge in [-0.15, -0.1) is 0 Å². The van der Waals surface area contributed by atoms with E-state index in [9.17, 15) is 5.11 Å². The van der Waals surface area contributed by atoms with Crippen molar-refractivity contribution in [2.75, 3.05) is 32.1 Å². The van der Waals surface area contributed by atoms with Crippen molar-refractivity contribution in [1.29, 1.82) is 0 Å². The van der Waals surface area contributed by atoms with E-state index in [0.717, 1.165) is 34.4 Å². The second-order valence-electron chi connectivity index (χ2n) is 7.74. The normalized spacial score (nSPS) is 13.7. The fourth-order valence-corrected chi connectivity index (χ4v) is 3.25. The second-order valence-corrected chi connectivity index (χ2v) is 7.74. The molecule has 0 aliphatic rings. The van der Waals surface area contributed by atoms with Gasteiger partial charge in [-0.05, 0) is 37.1 Å². The third-order valence-corrected chi connectivity index (χ3v) is 4.99. The molecule has 6 nitrogen and oxygen atoms in total. The van der Waals surface area contributed by atoms with Crippen LogP contribution in [0, 0.1) is 0 Å². The highest BCUT2D eigenvalue weighted by Crippen LogP contribution is 2.23. The lowest BCUT2D eigenvalue weighted by molar-refractivity contribution is 0.0617. The topological polar surface area (TPSA) is 72.8 Å². The third kappa shape index (κ3) is 5.27. The Labute approximate surface area is 178 Å². The first-order valence-corrected chi connectivity index (χ1v) is 10.3. The van der Waals surface area contributed by atoms with E-state index in [1.54, 1.807) is 6.92 Å². The third-order valence-electron chi connectivity index (χ3n) is 4.99. The molecule has 0 saturated heterocycles. The molecule has 0 radical (unpaired) electrons. The first-order chi connectivity index (χ1) is 14.4. The van der Waals surface area contributed by atoms with Gasteiger partial charge in [0.05, 0.1) is 18.6 Å². The van der Waals surface area contributed by atoms with Crippen molar-refractivity contribution < 1.29 is 5.11 Å². The monoisotopic (exact) mass is 405 g/mol. The molecule has 158 valence electrons.